The van der Waals surface area contributed by atoms with E-state index in [1.165, 1.54) is 0 Å². The molecular weight excluding hydrogens is 118 g/mol. The minimum Gasteiger partial charge on any atom is -0.383 e. The second-order valence-electron chi connectivity index (χ2n) is 2.55. The van der Waals surface area contributed by atoms with Crippen molar-refractivity contribution in [2.45, 2.75) is 26.4 Å². The summed E-state index contributed by atoms with van der Waals surface area (Å²) in [5, 5.41) is 8.82. The van der Waals surface area contributed by atoms with E-state index in [0.717, 1.165) is 0 Å². The lowest BCUT2D eigenvalue weighted by Gasteiger charge is -2.07. The molecule has 0 aliphatic heterocycles. The molecule has 0 aromatic heterocycles. The first kappa shape index (κ1) is 8.43. The first-order valence-corrected chi connectivity index (χ1v) is 3.01. The fourth-order valence-electron chi connectivity index (χ4n) is 0.563. The van der Waals surface area contributed by atoms with Crippen LogP contribution in [0.1, 0.15) is 20.3 Å². The summed E-state index contributed by atoms with van der Waals surface area (Å²) in [6, 6.07) is 0. The Labute approximate surface area is 54.9 Å². The molecule has 0 unspecified atom stereocenters. The molecule has 0 aromatic carbocycles. The van der Waals surface area contributed by atoms with Crippen LogP contribution in [0.15, 0.2) is 0 Å². The van der Waals surface area contributed by atoms with Gasteiger partial charge in [0, 0.05) is 0 Å². The van der Waals surface area contributed by atoms with Crippen LogP contribution in [0.3, 0.4) is 0 Å². The Morgan fingerprint density at radius 2 is 2.11 bits per heavy atom. The topological polar surface area (TPSA) is 63.3 Å². The Hall–Kier alpha value is -0.570. The highest BCUT2D eigenvalue weighted by atomic mass is 16.3. The average molecular weight is 131 g/mol. The Kier molecular flexibility index (Phi) is 3.24. The normalized spacial score (nSPS) is 13.8. The van der Waals surface area contributed by atoms with Gasteiger partial charge in [-0.3, -0.25) is 4.79 Å². The van der Waals surface area contributed by atoms with Crippen molar-refractivity contribution < 1.29 is 9.90 Å². The monoisotopic (exact) mass is 131 g/mol. The standard InChI is InChI=1S/C6H13NO2/c1-4(2)3-5(8)6(7)9/h4-5,8H,3H2,1-2H3,(H2,7,9)/t5-/m0/s1. The predicted octanol–water partition coefficient (Wildman–Crippen LogP) is -0.121. The number of hydrogen-bond acceptors (Lipinski definition) is 2. The fraction of sp³-hybridized carbons (Fsp3) is 0.833. The molecular formula is C6H13NO2. The number of carbonyl (C=O) groups excluding carboxylic acids is 1. The number of nitrogens with two attached hydrogens (primary N) is 1. The third-order valence-corrected chi connectivity index (χ3v) is 1.02. The number of carbonyl (C=O) groups is 1. The molecule has 0 aliphatic carbocycles. The van der Waals surface area contributed by atoms with Gasteiger partial charge in [-0.05, 0) is 12.3 Å². The van der Waals surface area contributed by atoms with Crippen molar-refractivity contribution >= 4 is 5.91 Å². The molecule has 0 aromatic rings. The molecule has 0 bridgehead atoms. The van der Waals surface area contributed by atoms with E-state index >= 15 is 0 Å². The van der Waals surface area contributed by atoms with Crippen LogP contribution in [-0.4, -0.2) is 17.1 Å². The molecule has 54 valence electrons. The van der Waals surface area contributed by atoms with Gasteiger partial charge in [0.25, 0.3) is 0 Å². The summed E-state index contributed by atoms with van der Waals surface area (Å²) >= 11 is 0. The highest BCUT2D eigenvalue weighted by molar-refractivity contribution is 5.78. The second-order valence-corrected chi connectivity index (χ2v) is 2.55. The van der Waals surface area contributed by atoms with Crippen LogP contribution in [-0.2, 0) is 4.79 Å². The number of amides is 1. The van der Waals surface area contributed by atoms with Gasteiger partial charge >= 0.3 is 0 Å². The Morgan fingerprint density at radius 3 is 2.22 bits per heavy atom. The van der Waals surface area contributed by atoms with Gasteiger partial charge in [-0.25, -0.2) is 0 Å². The van der Waals surface area contributed by atoms with Gasteiger partial charge in [0.15, 0.2) is 0 Å². The summed E-state index contributed by atoms with van der Waals surface area (Å²) in [6.07, 6.45) is -0.514. The molecule has 3 heteroatoms. The van der Waals surface area contributed by atoms with Crippen LogP contribution >= 0.6 is 0 Å². The number of rotatable bonds is 3. The molecule has 3 N–H and O–H groups in total. The molecule has 0 rings (SSSR count). The van der Waals surface area contributed by atoms with E-state index in [9.17, 15) is 4.79 Å². The third-order valence-electron chi connectivity index (χ3n) is 1.02. The lowest BCUT2D eigenvalue weighted by molar-refractivity contribution is -0.126. The molecule has 0 spiro atoms. The molecule has 0 radical (unpaired) electrons. The van der Waals surface area contributed by atoms with E-state index in [0.29, 0.717) is 12.3 Å². The lowest BCUT2D eigenvalue weighted by Crippen LogP contribution is -2.29. The molecule has 0 saturated heterocycles. The molecule has 3 nitrogen and oxygen atoms in total. The van der Waals surface area contributed by atoms with Crippen molar-refractivity contribution in [3.8, 4) is 0 Å². The highest BCUT2D eigenvalue weighted by Gasteiger charge is 2.11. The first-order chi connectivity index (χ1) is 4.04. The van der Waals surface area contributed by atoms with Crippen LogP contribution in [0.2, 0.25) is 0 Å². The van der Waals surface area contributed by atoms with Crippen molar-refractivity contribution in [1.82, 2.24) is 0 Å². The molecule has 0 saturated carbocycles. The van der Waals surface area contributed by atoms with Gasteiger partial charge in [0.1, 0.15) is 6.10 Å². The van der Waals surface area contributed by atoms with Crippen molar-refractivity contribution in [3.63, 3.8) is 0 Å². The van der Waals surface area contributed by atoms with Gasteiger partial charge in [-0.2, -0.15) is 0 Å². The smallest absolute Gasteiger partial charge is 0.246 e. The predicted molar refractivity (Wildman–Crippen MR) is 34.7 cm³/mol. The van der Waals surface area contributed by atoms with Crippen molar-refractivity contribution in [1.29, 1.82) is 0 Å². The maximum atomic E-state index is 10.2. The van der Waals surface area contributed by atoms with Gasteiger partial charge in [0.2, 0.25) is 5.91 Å². The minimum atomic E-state index is -0.968. The third kappa shape index (κ3) is 3.97. The largest absolute Gasteiger partial charge is 0.383 e. The Balaban J connectivity index is 3.50. The molecule has 0 aliphatic rings. The zero-order chi connectivity index (χ0) is 7.44. The summed E-state index contributed by atoms with van der Waals surface area (Å²) in [7, 11) is 0. The molecule has 1 amide bonds. The lowest BCUT2D eigenvalue weighted by atomic mass is 10.1. The van der Waals surface area contributed by atoms with Crippen molar-refractivity contribution in [3.05, 3.63) is 0 Å². The van der Waals surface area contributed by atoms with E-state index < -0.39 is 12.0 Å². The van der Waals surface area contributed by atoms with Crippen LogP contribution in [0.4, 0.5) is 0 Å². The second kappa shape index (κ2) is 3.45. The summed E-state index contributed by atoms with van der Waals surface area (Å²) in [4.78, 5) is 10.2. The number of hydrogen-bond donors (Lipinski definition) is 2. The van der Waals surface area contributed by atoms with Gasteiger partial charge in [-0.1, -0.05) is 13.8 Å². The number of aliphatic hydroxyl groups excluding tert-OH is 1. The maximum Gasteiger partial charge on any atom is 0.246 e. The molecule has 1 atom stereocenters. The zero-order valence-electron chi connectivity index (χ0n) is 5.79. The van der Waals surface area contributed by atoms with Crippen LogP contribution in [0, 0.1) is 5.92 Å². The number of primary amides is 1. The van der Waals surface area contributed by atoms with Gasteiger partial charge in [0.05, 0.1) is 0 Å². The summed E-state index contributed by atoms with van der Waals surface area (Å²) < 4.78 is 0. The number of aliphatic hydroxyl groups is 1. The SMILES string of the molecule is CC(C)C[C@H](O)C(N)=O. The molecule has 9 heavy (non-hydrogen) atoms. The van der Waals surface area contributed by atoms with Crippen LogP contribution in [0.5, 0.6) is 0 Å². The fourth-order valence-corrected chi connectivity index (χ4v) is 0.563. The van der Waals surface area contributed by atoms with Gasteiger partial charge < -0.3 is 10.8 Å². The van der Waals surface area contributed by atoms with Crippen molar-refractivity contribution in [2.75, 3.05) is 0 Å². The minimum absolute atomic E-state index is 0.312. The van der Waals surface area contributed by atoms with E-state index in [2.05, 4.69) is 0 Å². The van der Waals surface area contributed by atoms with Crippen LogP contribution < -0.4 is 5.73 Å². The summed E-state index contributed by atoms with van der Waals surface area (Å²) in [5.41, 5.74) is 4.80. The first-order valence-electron chi connectivity index (χ1n) is 3.01. The maximum absolute atomic E-state index is 10.2. The van der Waals surface area contributed by atoms with Crippen molar-refractivity contribution in [2.24, 2.45) is 11.7 Å². The van der Waals surface area contributed by atoms with E-state index in [1.807, 2.05) is 13.8 Å². The summed E-state index contributed by atoms with van der Waals surface area (Å²) in [6.45, 7) is 3.85. The highest BCUT2D eigenvalue weighted by Crippen LogP contribution is 2.02. The quantitative estimate of drug-likeness (QED) is 0.560. The molecule has 0 fully saturated rings. The summed E-state index contributed by atoms with van der Waals surface area (Å²) in [5.74, 6) is -0.323. The van der Waals surface area contributed by atoms with E-state index in [4.69, 9.17) is 10.8 Å². The van der Waals surface area contributed by atoms with E-state index in [-0.39, 0.29) is 0 Å². The Bertz CT molecular complexity index is 101. The average Bonchev–Trinajstić information content (AvgIpc) is 1.63. The zero-order valence-corrected chi connectivity index (χ0v) is 5.79. The molecule has 0 heterocycles. The van der Waals surface area contributed by atoms with Crippen LogP contribution in [0.25, 0.3) is 0 Å². The van der Waals surface area contributed by atoms with Gasteiger partial charge in [-0.15, -0.1) is 0 Å². The Morgan fingerprint density at radius 1 is 1.67 bits per heavy atom. The van der Waals surface area contributed by atoms with E-state index in [1.54, 1.807) is 0 Å².